The number of nitrogens with zero attached hydrogens (tertiary/aromatic N) is 3. The van der Waals surface area contributed by atoms with Crippen LogP contribution in [0.15, 0.2) is 65.7 Å². The zero-order valence-electron chi connectivity index (χ0n) is 14.4. The van der Waals surface area contributed by atoms with Crippen LogP contribution in [0.4, 0.5) is 0 Å². The largest absolute Gasteiger partial charge is 0.389 e. The summed E-state index contributed by atoms with van der Waals surface area (Å²) in [6, 6.07) is 14.3. The monoisotopic (exact) mass is 352 g/mol. The van der Waals surface area contributed by atoms with Crippen molar-refractivity contribution in [3.63, 3.8) is 0 Å². The Hall–Kier alpha value is -3.19. The Labute approximate surface area is 150 Å². The molecule has 0 radical (unpaired) electrons. The fourth-order valence-electron chi connectivity index (χ4n) is 2.67. The van der Waals surface area contributed by atoms with Gasteiger partial charge in [0.25, 0.3) is 11.5 Å². The third-order valence-electron chi connectivity index (χ3n) is 4.06. The standard InChI is InChI=1S/C19H20N4O3/c1-14-17(12-21-23(14)15-7-3-2-4-8-15)19(26)20-11-16(24)13-22-10-6-5-9-18(22)25/h2-10,12,16,24H,11,13H2,1H3,(H,20,26)/t16-/m0/s1. The van der Waals surface area contributed by atoms with E-state index in [0.717, 1.165) is 5.69 Å². The predicted octanol–water partition coefficient (Wildman–Crippen LogP) is 1.13. The highest BCUT2D eigenvalue weighted by molar-refractivity contribution is 5.95. The highest BCUT2D eigenvalue weighted by Crippen LogP contribution is 2.13. The summed E-state index contributed by atoms with van der Waals surface area (Å²) in [6.45, 7) is 1.97. The molecule has 3 rings (SSSR count). The molecule has 0 unspecified atom stereocenters. The van der Waals surface area contributed by atoms with Crippen molar-refractivity contribution in [2.75, 3.05) is 6.54 Å². The van der Waals surface area contributed by atoms with E-state index in [0.29, 0.717) is 11.3 Å². The number of hydrogen-bond donors (Lipinski definition) is 2. The minimum Gasteiger partial charge on any atom is -0.389 e. The summed E-state index contributed by atoms with van der Waals surface area (Å²) in [6.07, 6.45) is 2.23. The number of benzene rings is 1. The lowest BCUT2D eigenvalue weighted by molar-refractivity contribution is 0.0902. The Morgan fingerprint density at radius 2 is 1.92 bits per heavy atom. The molecule has 0 aliphatic rings. The minimum atomic E-state index is -0.872. The molecule has 0 saturated heterocycles. The van der Waals surface area contributed by atoms with E-state index in [1.807, 2.05) is 37.3 Å². The van der Waals surface area contributed by atoms with Crippen LogP contribution in [0.5, 0.6) is 0 Å². The first-order valence-electron chi connectivity index (χ1n) is 8.28. The smallest absolute Gasteiger partial charge is 0.254 e. The van der Waals surface area contributed by atoms with Gasteiger partial charge in [-0.05, 0) is 25.1 Å². The van der Waals surface area contributed by atoms with Crippen molar-refractivity contribution in [1.29, 1.82) is 0 Å². The normalized spacial score (nSPS) is 11.9. The van der Waals surface area contributed by atoms with Gasteiger partial charge in [0, 0.05) is 18.8 Å². The molecule has 0 spiro atoms. The van der Waals surface area contributed by atoms with Crippen LogP contribution in [0, 0.1) is 6.92 Å². The van der Waals surface area contributed by atoms with Crippen molar-refractivity contribution in [3.8, 4) is 5.69 Å². The summed E-state index contributed by atoms with van der Waals surface area (Å²) in [5.74, 6) is -0.316. The number of hydrogen-bond acceptors (Lipinski definition) is 4. The quantitative estimate of drug-likeness (QED) is 0.696. The SMILES string of the molecule is Cc1c(C(=O)NC[C@H](O)Cn2ccccc2=O)cnn1-c1ccccc1. The zero-order valence-corrected chi connectivity index (χ0v) is 14.4. The van der Waals surface area contributed by atoms with Gasteiger partial charge in [-0.1, -0.05) is 24.3 Å². The molecule has 1 amide bonds. The van der Waals surface area contributed by atoms with Gasteiger partial charge in [0.05, 0.1) is 35.8 Å². The molecule has 26 heavy (non-hydrogen) atoms. The maximum absolute atomic E-state index is 12.4. The first kappa shape index (κ1) is 17.6. The lowest BCUT2D eigenvalue weighted by Crippen LogP contribution is -2.36. The molecule has 0 aliphatic heterocycles. The lowest BCUT2D eigenvalue weighted by Gasteiger charge is -2.13. The van der Waals surface area contributed by atoms with Crippen molar-refractivity contribution in [2.45, 2.75) is 19.6 Å². The van der Waals surface area contributed by atoms with E-state index in [9.17, 15) is 14.7 Å². The first-order valence-corrected chi connectivity index (χ1v) is 8.28. The van der Waals surface area contributed by atoms with E-state index in [4.69, 9.17) is 0 Å². The Bertz CT molecular complexity index is 947. The van der Waals surface area contributed by atoms with Gasteiger partial charge in [-0.15, -0.1) is 0 Å². The molecule has 0 bridgehead atoms. The second-order valence-electron chi connectivity index (χ2n) is 5.95. The molecule has 2 aromatic heterocycles. The second kappa shape index (κ2) is 7.79. The predicted molar refractivity (Wildman–Crippen MR) is 97.3 cm³/mol. The number of aliphatic hydroxyl groups is 1. The molecular formula is C19H20N4O3. The van der Waals surface area contributed by atoms with Crippen LogP contribution >= 0.6 is 0 Å². The summed E-state index contributed by atoms with van der Waals surface area (Å²) in [5.41, 5.74) is 1.82. The molecule has 1 atom stereocenters. The average Bonchev–Trinajstić information content (AvgIpc) is 3.04. The Balaban J connectivity index is 1.63. The van der Waals surface area contributed by atoms with E-state index in [1.54, 1.807) is 23.0 Å². The van der Waals surface area contributed by atoms with Crippen molar-refractivity contribution in [1.82, 2.24) is 19.7 Å². The van der Waals surface area contributed by atoms with Gasteiger partial charge in [-0.2, -0.15) is 5.10 Å². The molecular weight excluding hydrogens is 332 g/mol. The van der Waals surface area contributed by atoms with Crippen LogP contribution in [0.3, 0.4) is 0 Å². The van der Waals surface area contributed by atoms with Gasteiger partial charge < -0.3 is 15.0 Å². The molecule has 7 nitrogen and oxygen atoms in total. The highest BCUT2D eigenvalue weighted by Gasteiger charge is 2.16. The van der Waals surface area contributed by atoms with Crippen LogP contribution in [-0.2, 0) is 6.54 Å². The molecule has 0 fully saturated rings. The zero-order chi connectivity index (χ0) is 18.5. The molecule has 3 aromatic rings. The summed E-state index contributed by atoms with van der Waals surface area (Å²) in [5, 5.41) is 17.0. The molecule has 0 aliphatic carbocycles. The van der Waals surface area contributed by atoms with Crippen molar-refractivity contribution >= 4 is 5.91 Å². The number of aromatic nitrogens is 3. The Morgan fingerprint density at radius 1 is 1.19 bits per heavy atom. The number of rotatable bonds is 6. The topological polar surface area (TPSA) is 89.2 Å². The maximum atomic E-state index is 12.4. The van der Waals surface area contributed by atoms with Crippen molar-refractivity contribution in [3.05, 3.63) is 82.5 Å². The van der Waals surface area contributed by atoms with Gasteiger partial charge in [0.2, 0.25) is 0 Å². The van der Waals surface area contributed by atoms with Gasteiger partial charge in [0.1, 0.15) is 0 Å². The summed E-state index contributed by atoms with van der Waals surface area (Å²) in [7, 11) is 0. The number of amides is 1. The fourth-order valence-corrected chi connectivity index (χ4v) is 2.67. The highest BCUT2D eigenvalue weighted by atomic mass is 16.3. The molecule has 0 saturated carbocycles. The van der Waals surface area contributed by atoms with E-state index >= 15 is 0 Å². The Morgan fingerprint density at radius 3 is 2.65 bits per heavy atom. The van der Waals surface area contributed by atoms with Crippen molar-refractivity contribution in [2.24, 2.45) is 0 Å². The lowest BCUT2D eigenvalue weighted by atomic mass is 10.2. The Kier molecular flexibility index (Phi) is 5.28. The molecule has 2 heterocycles. The summed E-state index contributed by atoms with van der Waals surface area (Å²) >= 11 is 0. The van der Waals surface area contributed by atoms with Gasteiger partial charge in [-0.25, -0.2) is 4.68 Å². The molecule has 134 valence electrons. The summed E-state index contributed by atoms with van der Waals surface area (Å²) < 4.78 is 3.09. The van der Waals surface area contributed by atoms with E-state index < -0.39 is 6.10 Å². The third-order valence-corrected chi connectivity index (χ3v) is 4.06. The number of carbonyl (C=O) groups is 1. The van der Waals surface area contributed by atoms with E-state index in [1.165, 1.54) is 16.8 Å². The summed E-state index contributed by atoms with van der Waals surface area (Å²) in [4.78, 5) is 24.0. The molecule has 2 N–H and O–H groups in total. The van der Waals surface area contributed by atoms with Crippen LogP contribution in [-0.4, -0.2) is 38.0 Å². The number of carbonyl (C=O) groups excluding carboxylic acids is 1. The van der Waals surface area contributed by atoms with Crippen LogP contribution < -0.4 is 10.9 Å². The fraction of sp³-hybridized carbons (Fsp3) is 0.211. The van der Waals surface area contributed by atoms with Crippen LogP contribution in [0.1, 0.15) is 16.1 Å². The molecule has 1 aromatic carbocycles. The first-order chi connectivity index (χ1) is 12.6. The number of nitrogens with one attached hydrogen (secondary N) is 1. The van der Waals surface area contributed by atoms with Crippen LogP contribution in [0.25, 0.3) is 5.69 Å². The van der Waals surface area contributed by atoms with E-state index in [-0.39, 0.29) is 24.6 Å². The maximum Gasteiger partial charge on any atom is 0.254 e. The number of pyridine rings is 1. The van der Waals surface area contributed by atoms with Crippen LogP contribution in [0.2, 0.25) is 0 Å². The average molecular weight is 352 g/mol. The van der Waals surface area contributed by atoms with Gasteiger partial charge in [-0.3, -0.25) is 9.59 Å². The van der Waals surface area contributed by atoms with Gasteiger partial charge in [0.15, 0.2) is 0 Å². The number of para-hydroxylation sites is 1. The van der Waals surface area contributed by atoms with Crippen molar-refractivity contribution < 1.29 is 9.90 Å². The number of aliphatic hydroxyl groups excluding tert-OH is 1. The third kappa shape index (κ3) is 3.89. The second-order valence-corrected chi connectivity index (χ2v) is 5.95. The van der Waals surface area contributed by atoms with Gasteiger partial charge >= 0.3 is 0 Å². The minimum absolute atomic E-state index is 0.0378. The molecule has 7 heteroatoms. The van der Waals surface area contributed by atoms with E-state index in [2.05, 4.69) is 10.4 Å².